The lowest BCUT2D eigenvalue weighted by molar-refractivity contribution is 0.400. The predicted octanol–water partition coefficient (Wildman–Crippen LogP) is 0.803. The van der Waals surface area contributed by atoms with Crippen molar-refractivity contribution in [2.75, 3.05) is 6.26 Å². The van der Waals surface area contributed by atoms with Crippen LogP contribution in [0.25, 0.3) is 0 Å². The van der Waals surface area contributed by atoms with Gasteiger partial charge in [0.15, 0.2) is 9.84 Å². The van der Waals surface area contributed by atoms with E-state index in [1.165, 1.54) is 24.5 Å². The quantitative estimate of drug-likeness (QED) is 0.852. The second kappa shape index (κ2) is 5.94. The van der Waals surface area contributed by atoms with Gasteiger partial charge in [0.2, 0.25) is 10.0 Å². The molecule has 130 valence electrons. The molecule has 2 aromatic rings. The molecular formula is C14H18N4O4S2. The molecule has 1 aromatic carbocycles. The maximum Gasteiger partial charge on any atom is 0.241 e. The topological polar surface area (TPSA) is 111 Å². The molecule has 0 saturated carbocycles. The highest BCUT2D eigenvalue weighted by atomic mass is 32.2. The van der Waals surface area contributed by atoms with Gasteiger partial charge in [0.05, 0.1) is 15.8 Å². The van der Waals surface area contributed by atoms with Gasteiger partial charge in [0, 0.05) is 12.8 Å². The molecule has 2 heterocycles. The minimum absolute atomic E-state index is 0.0275. The Morgan fingerprint density at radius 3 is 2.71 bits per heavy atom. The third-order valence-electron chi connectivity index (χ3n) is 3.99. The van der Waals surface area contributed by atoms with Crippen molar-refractivity contribution in [2.24, 2.45) is 0 Å². The summed E-state index contributed by atoms with van der Waals surface area (Å²) in [7, 11) is -7.38. The number of hydrogen-bond acceptors (Lipinski definition) is 6. The van der Waals surface area contributed by atoms with Crippen molar-refractivity contribution < 1.29 is 16.8 Å². The number of benzene rings is 1. The Hall–Kier alpha value is -1.78. The first kappa shape index (κ1) is 17.1. The summed E-state index contributed by atoms with van der Waals surface area (Å²) in [5.41, 5.74) is 0.479. The van der Waals surface area contributed by atoms with Crippen LogP contribution >= 0.6 is 0 Å². The second-order valence-electron chi connectivity index (χ2n) is 5.86. The van der Waals surface area contributed by atoms with E-state index >= 15 is 0 Å². The van der Waals surface area contributed by atoms with Crippen LogP contribution < -0.4 is 4.72 Å². The van der Waals surface area contributed by atoms with Gasteiger partial charge < -0.3 is 0 Å². The molecule has 0 saturated heterocycles. The zero-order valence-electron chi connectivity index (χ0n) is 13.3. The Morgan fingerprint density at radius 2 is 2.00 bits per heavy atom. The zero-order valence-corrected chi connectivity index (χ0v) is 14.9. The maximum absolute atomic E-state index is 12.8. The number of sulfonamides is 1. The molecule has 0 unspecified atom stereocenters. The van der Waals surface area contributed by atoms with E-state index in [1.807, 2.05) is 0 Å². The van der Waals surface area contributed by atoms with E-state index in [2.05, 4.69) is 14.8 Å². The summed E-state index contributed by atoms with van der Waals surface area (Å²) in [5, 5.41) is 4.07. The summed E-state index contributed by atoms with van der Waals surface area (Å²) in [6.07, 6.45) is 3.84. The van der Waals surface area contributed by atoms with E-state index in [9.17, 15) is 16.8 Å². The first-order chi connectivity index (χ1) is 11.2. The van der Waals surface area contributed by atoms with Gasteiger partial charge in [-0.15, -0.1) is 0 Å². The number of rotatable bonds is 4. The number of hydrogen-bond donors (Lipinski definition) is 1. The highest BCUT2D eigenvalue weighted by Gasteiger charge is 2.29. The van der Waals surface area contributed by atoms with Crippen molar-refractivity contribution >= 4 is 19.9 Å². The summed E-state index contributed by atoms with van der Waals surface area (Å²) in [4.78, 5) is 4.06. The molecule has 1 aliphatic rings. The molecule has 0 fully saturated rings. The number of sulfone groups is 1. The second-order valence-corrected chi connectivity index (χ2v) is 9.56. The SMILES string of the molecule is Cc1ccc(S(C)(=O)=O)cc1S(=O)(=O)N[C@@H]1CCCn2ncnc21. The molecule has 1 N–H and O–H groups in total. The molecule has 0 bridgehead atoms. The van der Waals surface area contributed by atoms with Crippen molar-refractivity contribution in [1.29, 1.82) is 0 Å². The van der Waals surface area contributed by atoms with Gasteiger partial charge in [-0.2, -0.15) is 5.10 Å². The van der Waals surface area contributed by atoms with E-state index in [4.69, 9.17) is 0 Å². The lowest BCUT2D eigenvalue weighted by Gasteiger charge is -2.23. The number of fused-ring (bicyclic) bond motifs is 1. The van der Waals surface area contributed by atoms with Crippen LogP contribution in [0, 0.1) is 6.92 Å². The van der Waals surface area contributed by atoms with Crippen molar-refractivity contribution in [1.82, 2.24) is 19.5 Å². The number of nitrogens with one attached hydrogen (secondary N) is 1. The molecule has 1 atom stereocenters. The molecule has 8 nitrogen and oxygen atoms in total. The molecule has 10 heteroatoms. The van der Waals surface area contributed by atoms with Gasteiger partial charge in [-0.05, 0) is 37.5 Å². The fourth-order valence-electron chi connectivity index (χ4n) is 2.75. The van der Waals surface area contributed by atoms with E-state index in [0.717, 1.165) is 12.7 Å². The number of aromatic nitrogens is 3. The smallest absolute Gasteiger partial charge is 0.241 e. The van der Waals surface area contributed by atoms with Gasteiger partial charge in [-0.3, -0.25) is 0 Å². The van der Waals surface area contributed by atoms with E-state index in [1.54, 1.807) is 11.6 Å². The van der Waals surface area contributed by atoms with Gasteiger partial charge in [0.1, 0.15) is 12.2 Å². The van der Waals surface area contributed by atoms with Gasteiger partial charge >= 0.3 is 0 Å². The summed E-state index contributed by atoms with van der Waals surface area (Å²) in [6, 6.07) is 3.61. The largest absolute Gasteiger partial charge is 0.248 e. The predicted molar refractivity (Wildman–Crippen MR) is 86.6 cm³/mol. The van der Waals surface area contributed by atoms with Crippen LogP contribution in [0.2, 0.25) is 0 Å². The van der Waals surface area contributed by atoms with Crippen LogP contribution in [0.3, 0.4) is 0 Å². The normalized spacial score (nSPS) is 18.3. The minimum Gasteiger partial charge on any atom is -0.248 e. The number of nitrogens with zero attached hydrogens (tertiary/aromatic N) is 3. The monoisotopic (exact) mass is 370 g/mol. The highest BCUT2D eigenvalue weighted by molar-refractivity contribution is 7.91. The van der Waals surface area contributed by atoms with Crippen LogP contribution in [0.5, 0.6) is 0 Å². The third kappa shape index (κ3) is 3.21. The molecular weight excluding hydrogens is 352 g/mol. The minimum atomic E-state index is -3.89. The van der Waals surface area contributed by atoms with Crippen LogP contribution in [-0.2, 0) is 26.4 Å². The molecule has 0 amide bonds. The zero-order chi connectivity index (χ0) is 17.5. The summed E-state index contributed by atoms with van der Waals surface area (Å²) in [6.45, 7) is 2.33. The Morgan fingerprint density at radius 1 is 1.25 bits per heavy atom. The Balaban J connectivity index is 1.98. The molecule has 0 spiro atoms. The lowest BCUT2D eigenvalue weighted by atomic mass is 10.1. The third-order valence-corrected chi connectivity index (χ3v) is 6.72. The van der Waals surface area contributed by atoms with E-state index < -0.39 is 25.9 Å². The van der Waals surface area contributed by atoms with Crippen molar-refractivity contribution in [2.45, 2.75) is 42.1 Å². The van der Waals surface area contributed by atoms with Gasteiger partial charge in [-0.25, -0.2) is 31.2 Å². The van der Waals surface area contributed by atoms with Crippen LogP contribution in [0.15, 0.2) is 34.3 Å². The fourth-order valence-corrected chi connectivity index (χ4v) is 4.97. The van der Waals surface area contributed by atoms with Crippen LogP contribution in [0.4, 0.5) is 0 Å². The van der Waals surface area contributed by atoms with Crippen molar-refractivity contribution in [3.63, 3.8) is 0 Å². The first-order valence-electron chi connectivity index (χ1n) is 7.39. The Kier molecular flexibility index (Phi) is 4.22. The standard InChI is InChI=1S/C14H18N4O4S2/c1-10-5-6-11(23(2,19)20)8-13(10)24(21,22)17-12-4-3-7-18-14(12)15-9-16-18/h5-6,8-9,12,17H,3-4,7H2,1-2H3/t12-/m1/s1. The summed E-state index contributed by atoms with van der Waals surface area (Å²) >= 11 is 0. The van der Waals surface area contributed by atoms with Crippen molar-refractivity contribution in [3.05, 3.63) is 35.9 Å². The Bertz CT molecular complexity index is 980. The van der Waals surface area contributed by atoms with Gasteiger partial charge in [0.25, 0.3) is 0 Å². The average Bonchev–Trinajstić information content (AvgIpc) is 2.95. The molecule has 0 radical (unpaired) electrons. The van der Waals surface area contributed by atoms with Gasteiger partial charge in [-0.1, -0.05) is 6.07 Å². The van der Waals surface area contributed by atoms with Crippen LogP contribution in [0.1, 0.15) is 30.3 Å². The molecule has 24 heavy (non-hydrogen) atoms. The highest BCUT2D eigenvalue weighted by Crippen LogP contribution is 2.26. The Labute approximate surface area is 140 Å². The summed E-state index contributed by atoms with van der Waals surface area (Å²) < 4.78 is 53.3. The molecule has 0 aliphatic carbocycles. The number of aryl methyl sites for hydroxylation is 2. The van der Waals surface area contributed by atoms with E-state index in [0.29, 0.717) is 24.4 Å². The van der Waals surface area contributed by atoms with Crippen LogP contribution in [-0.4, -0.2) is 37.9 Å². The van der Waals surface area contributed by atoms with E-state index in [-0.39, 0.29) is 9.79 Å². The first-order valence-corrected chi connectivity index (χ1v) is 10.8. The fraction of sp³-hybridized carbons (Fsp3) is 0.429. The maximum atomic E-state index is 12.8. The molecule has 3 rings (SSSR count). The van der Waals surface area contributed by atoms with Crippen molar-refractivity contribution in [3.8, 4) is 0 Å². The summed E-state index contributed by atoms with van der Waals surface area (Å²) in [5.74, 6) is 0.571. The molecule has 1 aromatic heterocycles. The average molecular weight is 370 g/mol. The molecule has 1 aliphatic heterocycles. The lowest BCUT2D eigenvalue weighted by Crippen LogP contribution is -2.33.